The van der Waals surface area contributed by atoms with Crippen LogP contribution in [0.15, 0.2) is 0 Å². The SMILES string of the molecule is C1CO[C](C2OCCO2)CO1. The zero-order valence-corrected chi connectivity index (χ0v) is 6.25. The van der Waals surface area contributed by atoms with E-state index >= 15 is 0 Å². The van der Waals surface area contributed by atoms with Gasteiger partial charge in [0.25, 0.3) is 0 Å². The molecule has 0 amide bonds. The minimum Gasteiger partial charge on any atom is -0.376 e. The summed E-state index contributed by atoms with van der Waals surface area (Å²) in [7, 11) is 0. The van der Waals surface area contributed by atoms with Crippen LogP contribution in [0.25, 0.3) is 0 Å². The van der Waals surface area contributed by atoms with Crippen LogP contribution in [-0.2, 0) is 18.9 Å². The molecule has 0 unspecified atom stereocenters. The topological polar surface area (TPSA) is 36.9 Å². The Morgan fingerprint density at radius 1 is 1.00 bits per heavy atom. The molecule has 11 heavy (non-hydrogen) atoms. The zero-order valence-electron chi connectivity index (χ0n) is 6.25. The molecule has 0 N–H and O–H groups in total. The minimum absolute atomic E-state index is 0.282. The summed E-state index contributed by atoms with van der Waals surface area (Å²) in [5.41, 5.74) is 0. The number of rotatable bonds is 1. The first kappa shape index (κ1) is 7.49. The third-order valence-corrected chi connectivity index (χ3v) is 1.64. The van der Waals surface area contributed by atoms with Gasteiger partial charge in [-0.3, -0.25) is 0 Å². The maximum atomic E-state index is 5.30. The lowest BCUT2D eigenvalue weighted by Gasteiger charge is -2.24. The monoisotopic (exact) mass is 159 g/mol. The van der Waals surface area contributed by atoms with Gasteiger partial charge in [0.15, 0.2) is 12.4 Å². The van der Waals surface area contributed by atoms with Crippen LogP contribution in [0.2, 0.25) is 0 Å². The molecule has 1 radical (unpaired) electrons. The lowest BCUT2D eigenvalue weighted by atomic mass is 10.3. The van der Waals surface area contributed by atoms with Crippen LogP contribution in [0, 0.1) is 6.10 Å². The van der Waals surface area contributed by atoms with Crippen molar-refractivity contribution in [2.45, 2.75) is 6.29 Å². The molecular formula is C7H11O4. The fourth-order valence-electron chi connectivity index (χ4n) is 1.13. The standard InChI is InChI=1S/C7H11O4/c1-2-9-6(5-8-1)7-10-3-4-11-7/h7H,1-5H2. The molecule has 0 saturated carbocycles. The van der Waals surface area contributed by atoms with Crippen molar-refractivity contribution >= 4 is 0 Å². The lowest BCUT2D eigenvalue weighted by molar-refractivity contribution is -0.136. The molecule has 2 heterocycles. The third-order valence-electron chi connectivity index (χ3n) is 1.64. The summed E-state index contributed by atoms with van der Waals surface area (Å²) in [6.45, 7) is 3.08. The summed E-state index contributed by atoms with van der Waals surface area (Å²) in [6, 6.07) is 0. The van der Waals surface area contributed by atoms with Gasteiger partial charge < -0.3 is 18.9 Å². The normalized spacial score (nSPS) is 29.5. The van der Waals surface area contributed by atoms with E-state index in [4.69, 9.17) is 18.9 Å². The van der Waals surface area contributed by atoms with Gasteiger partial charge in [0, 0.05) is 0 Å². The van der Waals surface area contributed by atoms with Gasteiger partial charge >= 0.3 is 0 Å². The second-order valence-corrected chi connectivity index (χ2v) is 2.44. The van der Waals surface area contributed by atoms with E-state index in [0.29, 0.717) is 33.0 Å². The van der Waals surface area contributed by atoms with E-state index in [9.17, 15) is 0 Å². The average Bonchev–Trinajstić information content (AvgIpc) is 2.58. The summed E-state index contributed by atoms with van der Waals surface area (Å²) in [6.07, 6.45) is 0.490. The highest BCUT2D eigenvalue weighted by atomic mass is 16.7. The van der Waals surface area contributed by atoms with Crippen LogP contribution in [0.5, 0.6) is 0 Å². The molecule has 2 saturated heterocycles. The first-order valence-electron chi connectivity index (χ1n) is 3.76. The van der Waals surface area contributed by atoms with E-state index in [1.54, 1.807) is 0 Å². The van der Waals surface area contributed by atoms with E-state index in [-0.39, 0.29) is 6.29 Å². The smallest absolute Gasteiger partial charge is 0.192 e. The van der Waals surface area contributed by atoms with Gasteiger partial charge in [0.2, 0.25) is 0 Å². The maximum Gasteiger partial charge on any atom is 0.192 e. The summed E-state index contributed by atoms with van der Waals surface area (Å²) in [5, 5.41) is 0. The van der Waals surface area contributed by atoms with Crippen molar-refractivity contribution in [2.24, 2.45) is 0 Å². The van der Waals surface area contributed by atoms with Crippen LogP contribution in [0.1, 0.15) is 0 Å². The molecule has 2 aliphatic rings. The van der Waals surface area contributed by atoms with Gasteiger partial charge in [-0.1, -0.05) is 0 Å². The minimum atomic E-state index is -0.282. The van der Waals surface area contributed by atoms with Crippen molar-refractivity contribution < 1.29 is 18.9 Å². The van der Waals surface area contributed by atoms with E-state index in [0.717, 1.165) is 6.10 Å². The van der Waals surface area contributed by atoms with Crippen molar-refractivity contribution in [1.82, 2.24) is 0 Å². The highest BCUT2D eigenvalue weighted by molar-refractivity contribution is 4.86. The Morgan fingerprint density at radius 3 is 2.45 bits per heavy atom. The van der Waals surface area contributed by atoms with Gasteiger partial charge in [-0.05, 0) is 0 Å². The highest BCUT2D eigenvalue weighted by Gasteiger charge is 2.30. The van der Waals surface area contributed by atoms with E-state index in [1.165, 1.54) is 0 Å². The van der Waals surface area contributed by atoms with Gasteiger partial charge in [0.05, 0.1) is 33.0 Å². The maximum absolute atomic E-state index is 5.30. The van der Waals surface area contributed by atoms with Crippen molar-refractivity contribution in [3.8, 4) is 0 Å². The number of ether oxygens (including phenoxy) is 4. The van der Waals surface area contributed by atoms with Crippen molar-refractivity contribution in [3.63, 3.8) is 0 Å². The second-order valence-electron chi connectivity index (χ2n) is 2.44. The predicted molar refractivity (Wildman–Crippen MR) is 35.7 cm³/mol. The van der Waals surface area contributed by atoms with Crippen LogP contribution >= 0.6 is 0 Å². The second kappa shape index (κ2) is 3.49. The lowest BCUT2D eigenvalue weighted by Crippen LogP contribution is -2.31. The average molecular weight is 159 g/mol. The fraction of sp³-hybridized carbons (Fsp3) is 0.857. The Hall–Kier alpha value is -0.160. The summed E-state index contributed by atoms with van der Waals surface area (Å²) in [5.74, 6) is 0. The molecule has 0 atom stereocenters. The van der Waals surface area contributed by atoms with Crippen LogP contribution in [-0.4, -0.2) is 39.3 Å². The Bertz CT molecular complexity index is 116. The fourth-order valence-corrected chi connectivity index (χ4v) is 1.13. The van der Waals surface area contributed by atoms with Crippen LogP contribution in [0.3, 0.4) is 0 Å². The molecule has 2 rings (SSSR count). The van der Waals surface area contributed by atoms with E-state index in [1.807, 2.05) is 0 Å². The molecule has 4 nitrogen and oxygen atoms in total. The summed E-state index contributed by atoms with van der Waals surface area (Å²) in [4.78, 5) is 0. The highest BCUT2D eigenvalue weighted by Crippen LogP contribution is 2.20. The number of hydrogen-bond donors (Lipinski definition) is 0. The Balaban J connectivity index is 1.82. The number of hydrogen-bond acceptors (Lipinski definition) is 4. The first-order chi connectivity index (χ1) is 5.47. The van der Waals surface area contributed by atoms with Gasteiger partial charge in [0.1, 0.15) is 0 Å². The zero-order chi connectivity index (χ0) is 7.52. The molecule has 0 spiro atoms. The Labute approximate surface area is 65.4 Å². The van der Waals surface area contributed by atoms with E-state index in [2.05, 4.69) is 0 Å². The van der Waals surface area contributed by atoms with Crippen molar-refractivity contribution in [2.75, 3.05) is 33.0 Å². The molecule has 0 aromatic rings. The first-order valence-corrected chi connectivity index (χ1v) is 3.76. The molecule has 0 aromatic carbocycles. The van der Waals surface area contributed by atoms with Crippen LogP contribution in [0.4, 0.5) is 0 Å². The predicted octanol–water partition coefficient (Wildman–Crippen LogP) is -0.0619. The van der Waals surface area contributed by atoms with Gasteiger partial charge in [-0.2, -0.15) is 0 Å². The summed E-state index contributed by atoms with van der Waals surface area (Å²) < 4.78 is 20.9. The summed E-state index contributed by atoms with van der Waals surface area (Å²) >= 11 is 0. The molecule has 0 aliphatic carbocycles. The molecule has 0 bridgehead atoms. The van der Waals surface area contributed by atoms with Gasteiger partial charge in [-0.25, -0.2) is 0 Å². The third kappa shape index (κ3) is 1.70. The van der Waals surface area contributed by atoms with Crippen LogP contribution < -0.4 is 0 Å². The molecule has 0 aromatic heterocycles. The molecule has 2 fully saturated rings. The largest absolute Gasteiger partial charge is 0.376 e. The quantitative estimate of drug-likeness (QED) is 0.537. The molecule has 63 valence electrons. The Kier molecular flexibility index (Phi) is 2.38. The van der Waals surface area contributed by atoms with Crippen molar-refractivity contribution in [3.05, 3.63) is 6.10 Å². The molecule has 2 aliphatic heterocycles. The van der Waals surface area contributed by atoms with E-state index < -0.39 is 0 Å². The van der Waals surface area contributed by atoms with Gasteiger partial charge in [-0.15, -0.1) is 0 Å². The molecular weight excluding hydrogens is 148 g/mol. The Morgan fingerprint density at radius 2 is 1.82 bits per heavy atom. The molecule has 4 heteroatoms. The van der Waals surface area contributed by atoms with Crippen molar-refractivity contribution in [1.29, 1.82) is 0 Å².